The molecular formula is C15H31NO5Si. The largest absolute Gasteiger partial charge is 0.500 e. The van der Waals surface area contributed by atoms with Crippen LogP contribution in [0.4, 0.5) is 0 Å². The maximum Gasteiger partial charge on any atom is 0.500 e. The van der Waals surface area contributed by atoms with Crippen molar-refractivity contribution < 1.29 is 22.8 Å². The SMILES string of the molecule is CCO[Si](CCCN(CC1CO1)CC1CO1)(OCC)OCC. The predicted octanol–water partition coefficient (Wildman–Crippen LogP) is 1.52. The second kappa shape index (κ2) is 9.32. The van der Waals surface area contributed by atoms with Gasteiger partial charge in [-0.15, -0.1) is 0 Å². The molecule has 6 nitrogen and oxygen atoms in total. The molecule has 2 aliphatic heterocycles. The first kappa shape index (κ1) is 18.3. The lowest BCUT2D eigenvalue weighted by molar-refractivity contribution is 0.0697. The average molecular weight is 334 g/mol. The highest BCUT2D eigenvalue weighted by Crippen LogP contribution is 2.20. The summed E-state index contributed by atoms with van der Waals surface area (Å²) in [7, 11) is -2.50. The van der Waals surface area contributed by atoms with Crippen LogP contribution in [-0.4, -0.2) is 78.6 Å². The second-order valence-corrected chi connectivity index (χ2v) is 8.49. The van der Waals surface area contributed by atoms with Gasteiger partial charge in [0.1, 0.15) is 0 Å². The average Bonchev–Trinajstić information content (AvgIpc) is 3.36. The van der Waals surface area contributed by atoms with Crippen LogP contribution >= 0.6 is 0 Å². The van der Waals surface area contributed by atoms with Crippen molar-refractivity contribution in [3.8, 4) is 0 Å². The van der Waals surface area contributed by atoms with Gasteiger partial charge in [-0.05, 0) is 33.7 Å². The zero-order valence-corrected chi connectivity index (χ0v) is 15.2. The Labute approximate surface area is 135 Å². The molecule has 2 atom stereocenters. The third kappa shape index (κ3) is 6.62. The van der Waals surface area contributed by atoms with Crippen LogP contribution < -0.4 is 0 Å². The maximum atomic E-state index is 5.91. The van der Waals surface area contributed by atoms with E-state index in [4.69, 9.17) is 22.8 Å². The van der Waals surface area contributed by atoms with Crippen molar-refractivity contribution in [2.75, 3.05) is 52.7 Å². The highest BCUT2D eigenvalue weighted by molar-refractivity contribution is 6.60. The van der Waals surface area contributed by atoms with E-state index in [1.54, 1.807) is 0 Å². The molecule has 130 valence electrons. The highest BCUT2D eigenvalue weighted by atomic mass is 28.4. The summed E-state index contributed by atoms with van der Waals surface area (Å²) in [4.78, 5) is 2.44. The van der Waals surface area contributed by atoms with E-state index in [0.29, 0.717) is 32.0 Å². The molecule has 2 saturated heterocycles. The van der Waals surface area contributed by atoms with E-state index in [2.05, 4.69) is 4.90 Å². The fourth-order valence-corrected chi connectivity index (χ4v) is 5.29. The van der Waals surface area contributed by atoms with Crippen LogP contribution in [0.25, 0.3) is 0 Å². The molecule has 0 saturated carbocycles. The fourth-order valence-electron chi connectivity index (χ4n) is 2.70. The van der Waals surface area contributed by atoms with Crippen molar-refractivity contribution in [1.82, 2.24) is 4.90 Å². The van der Waals surface area contributed by atoms with E-state index in [1.807, 2.05) is 20.8 Å². The molecule has 0 radical (unpaired) electrons. The van der Waals surface area contributed by atoms with Gasteiger partial charge in [0.25, 0.3) is 0 Å². The standard InChI is InChI=1S/C15H31NO5Si/c1-4-19-22(20-5-2,21-6-3)9-7-8-16(10-14-12-17-14)11-15-13-18-15/h14-15H,4-13H2,1-3H3. The van der Waals surface area contributed by atoms with Crippen LogP contribution in [0.5, 0.6) is 0 Å². The Balaban J connectivity index is 1.77. The Morgan fingerprint density at radius 1 is 0.909 bits per heavy atom. The van der Waals surface area contributed by atoms with Gasteiger partial charge >= 0.3 is 8.80 Å². The molecule has 2 heterocycles. The van der Waals surface area contributed by atoms with Gasteiger partial charge in [-0.2, -0.15) is 0 Å². The molecule has 0 aromatic rings. The molecule has 0 aliphatic carbocycles. The summed E-state index contributed by atoms with van der Waals surface area (Å²) >= 11 is 0. The van der Waals surface area contributed by atoms with Crippen LogP contribution in [0.1, 0.15) is 27.2 Å². The van der Waals surface area contributed by atoms with Gasteiger partial charge in [-0.1, -0.05) is 0 Å². The number of nitrogens with zero attached hydrogens (tertiary/aromatic N) is 1. The molecule has 0 spiro atoms. The zero-order chi connectivity index (χ0) is 15.8. The Morgan fingerprint density at radius 2 is 1.36 bits per heavy atom. The van der Waals surface area contributed by atoms with Crippen LogP contribution in [0, 0.1) is 0 Å². The molecule has 0 aromatic carbocycles. The summed E-state index contributed by atoms with van der Waals surface area (Å²) in [5.74, 6) is 0. The molecule has 2 rings (SSSR count). The van der Waals surface area contributed by atoms with Crippen LogP contribution in [0.3, 0.4) is 0 Å². The lowest BCUT2D eigenvalue weighted by atomic mass is 10.3. The lowest BCUT2D eigenvalue weighted by Gasteiger charge is -2.29. The van der Waals surface area contributed by atoms with Crippen molar-refractivity contribution in [3.05, 3.63) is 0 Å². The summed E-state index contributed by atoms with van der Waals surface area (Å²) in [6.07, 6.45) is 1.86. The van der Waals surface area contributed by atoms with Crippen molar-refractivity contribution in [1.29, 1.82) is 0 Å². The smallest absolute Gasteiger partial charge is 0.374 e. The van der Waals surface area contributed by atoms with Crippen molar-refractivity contribution in [3.63, 3.8) is 0 Å². The van der Waals surface area contributed by atoms with E-state index >= 15 is 0 Å². The zero-order valence-electron chi connectivity index (χ0n) is 14.2. The van der Waals surface area contributed by atoms with Gasteiger partial charge in [-0.25, -0.2) is 0 Å². The van der Waals surface area contributed by atoms with Crippen molar-refractivity contribution in [2.24, 2.45) is 0 Å². The summed E-state index contributed by atoms with van der Waals surface area (Å²) in [6, 6.07) is 0.871. The van der Waals surface area contributed by atoms with Crippen LogP contribution in [-0.2, 0) is 22.8 Å². The Bertz CT molecular complexity index is 281. The number of rotatable bonds is 14. The summed E-state index contributed by atoms with van der Waals surface area (Å²) < 4.78 is 28.4. The highest BCUT2D eigenvalue weighted by Gasteiger charge is 2.40. The molecule has 0 aromatic heterocycles. The minimum absolute atomic E-state index is 0.423. The van der Waals surface area contributed by atoms with Gasteiger partial charge in [0.15, 0.2) is 0 Å². The van der Waals surface area contributed by atoms with Gasteiger partial charge < -0.3 is 22.8 Å². The van der Waals surface area contributed by atoms with Crippen molar-refractivity contribution in [2.45, 2.75) is 45.4 Å². The number of hydrogen-bond acceptors (Lipinski definition) is 6. The Hall–Kier alpha value is -0.0231. The molecular weight excluding hydrogens is 302 g/mol. The molecule has 2 fully saturated rings. The topological polar surface area (TPSA) is 56.0 Å². The van der Waals surface area contributed by atoms with E-state index in [0.717, 1.165) is 45.3 Å². The number of ether oxygens (including phenoxy) is 2. The second-order valence-electron chi connectivity index (χ2n) is 5.76. The van der Waals surface area contributed by atoms with Crippen molar-refractivity contribution >= 4 is 8.80 Å². The normalized spacial score (nSPS) is 24.0. The monoisotopic (exact) mass is 333 g/mol. The Morgan fingerprint density at radius 3 is 1.73 bits per heavy atom. The fraction of sp³-hybridized carbons (Fsp3) is 1.00. The first-order chi connectivity index (χ1) is 10.7. The third-order valence-corrected chi connectivity index (χ3v) is 6.93. The molecule has 0 N–H and O–H groups in total. The van der Waals surface area contributed by atoms with Gasteiger partial charge in [0, 0.05) is 39.0 Å². The molecule has 22 heavy (non-hydrogen) atoms. The first-order valence-electron chi connectivity index (χ1n) is 8.58. The first-order valence-corrected chi connectivity index (χ1v) is 10.5. The minimum Gasteiger partial charge on any atom is -0.374 e. The molecule has 0 bridgehead atoms. The van der Waals surface area contributed by atoms with Crippen LogP contribution in [0.2, 0.25) is 6.04 Å². The van der Waals surface area contributed by atoms with E-state index in [-0.39, 0.29) is 0 Å². The van der Waals surface area contributed by atoms with E-state index < -0.39 is 8.80 Å². The quantitative estimate of drug-likeness (QED) is 0.355. The van der Waals surface area contributed by atoms with E-state index in [1.165, 1.54) is 0 Å². The number of hydrogen-bond donors (Lipinski definition) is 0. The predicted molar refractivity (Wildman–Crippen MR) is 86.0 cm³/mol. The summed E-state index contributed by atoms with van der Waals surface area (Å²) in [6.45, 7) is 12.8. The number of epoxide rings is 2. The summed E-state index contributed by atoms with van der Waals surface area (Å²) in [5, 5.41) is 0. The molecule has 2 aliphatic rings. The maximum absolute atomic E-state index is 5.91. The van der Waals surface area contributed by atoms with Gasteiger partial charge in [0.05, 0.1) is 25.4 Å². The minimum atomic E-state index is -2.50. The third-order valence-electron chi connectivity index (χ3n) is 3.78. The van der Waals surface area contributed by atoms with Crippen LogP contribution in [0.15, 0.2) is 0 Å². The molecule has 7 heteroatoms. The van der Waals surface area contributed by atoms with Gasteiger partial charge in [0.2, 0.25) is 0 Å². The molecule has 0 amide bonds. The Kier molecular flexibility index (Phi) is 7.76. The lowest BCUT2D eigenvalue weighted by Crippen LogP contribution is -2.46. The van der Waals surface area contributed by atoms with E-state index in [9.17, 15) is 0 Å². The molecule has 2 unspecified atom stereocenters. The van der Waals surface area contributed by atoms with Gasteiger partial charge in [-0.3, -0.25) is 4.90 Å². The summed E-state index contributed by atoms with van der Waals surface area (Å²) in [5.41, 5.74) is 0.